The van der Waals surface area contributed by atoms with Crippen LogP contribution >= 0.6 is 0 Å². The van der Waals surface area contributed by atoms with Crippen molar-refractivity contribution < 1.29 is 4.74 Å². The fraction of sp³-hybridized carbons (Fsp3) is 0.538. The van der Waals surface area contributed by atoms with Crippen molar-refractivity contribution in [1.29, 1.82) is 0 Å². The molecule has 158 valence electrons. The molecule has 1 aliphatic rings. The number of hydrogen-bond donors (Lipinski definition) is 1. The largest absolute Gasteiger partial charge is 0.378 e. The molecule has 0 bridgehead atoms. The van der Waals surface area contributed by atoms with Crippen molar-refractivity contribution in [3.05, 3.63) is 65.2 Å². The lowest BCUT2D eigenvalue weighted by atomic mass is 9.75. The van der Waals surface area contributed by atoms with Gasteiger partial charge in [-0.25, -0.2) is 0 Å². The molecule has 0 aliphatic carbocycles. The summed E-state index contributed by atoms with van der Waals surface area (Å²) >= 11 is 0. The van der Waals surface area contributed by atoms with Gasteiger partial charge in [0.25, 0.3) is 0 Å². The normalized spacial score (nSPS) is 19.7. The molecule has 0 amide bonds. The molecule has 2 aromatic carbocycles. The van der Waals surface area contributed by atoms with E-state index in [1.54, 1.807) is 0 Å². The van der Waals surface area contributed by atoms with E-state index in [1.165, 1.54) is 28.8 Å². The van der Waals surface area contributed by atoms with Crippen molar-refractivity contribution in [2.45, 2.75) is 58.1 Å². The van der Waals surface area contributed by atoms with E-state index in [4.69, 9.17) is 4.74 Å². The van der Waals surface area contributed by atoms with E-state index in [1.807, 2.05) is 0 Å². The molecule has 0 saturated carbocycles. The van der Waals surface area contributed by atoms with Gasteiger partial charge in [-0.1, -0.05) is 42.0 Å². The van der Waals surface area contributed by atoms with Crippen LogP contribution in [0.15, 0.2) is 48.5 Å². The molecule has 1 N–H and O–H groups in total. The molecule has 2 atom stereocenters. The standard InChI is InChI=1S/C26H38N2O/c1-20-6-10-22(11-7-20)25(23-15-17-29-26(2,3)18-23)14-16-27-19-21-8-12-24(13-9-21)28(4)5/h6-13,23,25,27H,14-19H2,1-5H3/t23-,25-/m0/s1. The van der Waals surface area contributed by atoms with Gasteiger partial charge >= 0.3 is 0 Å². The summed E-state index contributed by atoms with van der Waals surface area (Å²) in [5.74, 6) is 1.27. The predicted molar refractivity (Wildman–Crippen MR) is 124 cm³/mol. The minimum Gasteiger partial charge on any atom is -0.378 e. The van der Waals surface area contributed by atoms with Crippen molar-refractivity contribution in [3.8, 4) is 0 Å². The second-order valence-electron chi connectivity index (χ2n) is 9.40. The predicted octanol–water partition coefficient (Wildman–Crippen LogP) is 5.53. The Morgan fingerprint density at radius 2 is 1.76 bits per heavy atom. The van der Waals surface area contributed by atoms with Gasteiger partial charge in [-0.2, -0.15) is 0 Å². The summed E-state index contributed by atoms with van der Waals surface area (Å²) in [5.41, 5.74) is 5.40. The van der Waals surface area contributed by atoms with Crippen molar-refractivity contribution in [2.24, 2.45) is 5.92 Å². The van der Waals surface area contributed by atoms with E-state index in [-0.39, 0.29) is 5.60 Å². The van der Waals surface area contributed by atoms with Crippen molar-refractivity contribution in [1.82, 2.24) is 5.32 Å². The number of nitrogens with one attached hydrogen (secondary N) is 1. The molecule has 3 nitrogen and oxygen atoms in total. The number of aryl methyl sites for hydroxylation is 1. The third-order valence-electron chi connectivity index (χ3n) is 6.22. The van der Waals surface area contributed by atoms with Crippen LogP contribution < -0.4 is 10.2 Å². The minimum absolute atomic E-state index is 0.00647. The van der Waals surface area contributed by atoms with E-state index in [0.717, 1.165) is 32.5 Å². The topological polar surface area (TPSA) is 24.5 Å². The Morgan fingerprint density at radius 3 is 2.38 bits per heavy atom. The monoisotopic (exact) mass is 394 g/mol. The maximum Gasteiger partial charge on any atom is 0.0629 e. The highest BCUT2D eigenvalue weighted by molar-refractivity contribution is 5.45. The molecule has 0 unspecified atom stereocenters. The Kier molecular flexibility index (Phi) is 7.37. The highest BCUT2D eigenvalue weighted by Gasteiger charge is 2.33. The molecule has 29 heavy (non-hydrogen) atoms. The summed E-state index contributed by atoms with van der Waals surface area (Å²) in [5, 5.41) is 3.68. The molecular weight excluding hydrogens is 356 g/mol. The Morgan fingerprint density at radius 1 is 1.07 bits per heavy atom. The minimum atomic E-state index is -0.00647. The van der Waals surface area contributed by atoms with Crippen LogP contribution in [0.4, 0.5) is 5.69 Å². The van der Waals surface area contributed by atoms with Gasteiger partial charge in [0.1, 0.15) is 0 Å². The SMILES string of the molecule is Cc1ccc([C@H](CCNCc2ccc(N(C)C)cc2)[C@H]2CCOC(C)(C)C2)cc1. The molecule has 1 saturated heterocycles. The average Bonchev–Trinajstić information content (AvgIpc) is 2.68. The number of anilines is 1. The second-order valence-corrected chi connectivity index (χ2v) is 9.40. The van der Waals surface area contributed by atoms with Gasteiger partial charge in [0, 0.05) is 32.9 Å². The Balaban J connectivity index is 1.60. The van der Waals surface area contributed by atoms with E-state index in [0.29, 0.717) is 11.8 Å². The highest BCUT2D eigenvalue weighted by Crippen LogP contribution is 2.39. The van der Waals surface area contributed by atoms with Gasteiger partial charge in [0.15, 0.2) is 0 Å². The van der Waals surface area contributed by atoms with Crippen LogP contribution in [-0.2, 0) is 11.3 Å². The quantitative estimate of drug-likeness (QED) is 0.596. The number of hydrogen-bond acceptors (Lipinski definition) is 3. The van der Waals surface area contributed by atoms with Gasteiger partial charge in [0.2, 0.25) is 0 Å². The van der Waals surface area contributed by atoms with Crippen LogP contribution in [0.2, 0.25) is 0 Å². The third kappa shape index (κ3) is 6.32. The number of nitrogens with zero attached hydrogens (tertiary/aromatic N) is 1. The summed E-state index contributed by atoms with van der Waals surface area (Å²) in [4.78, 5) is 2.14. The van der Waals surface area contributed by atoms with Crippen LogP contribution in [0.5, 0.6) is 0 Å². The average molecular weight is 395 g/mol. The first-order chi connectivity index (χ1) is 13.8. The molecule has 0 radical (unpaired) electrons. The zero-order valence-corrected chi connectivity index (χ0v) is 18.9. The van der Waals surface area contributed by atoms with Crippen LogP contribution in [0.1, 0.15) is 55.7 Å². The molecule has 0 spiro atoms. The van der Waals surface area contributed by atoms with E-state index in [2.05, 4.69) is 93.6 Å². The summed E-state index contributed by atoms with van der Waals surface area (Å²) in [6.45, 7) is 9.48. The van der Waals surface area contributed by atoms with Gasteiger partial charge in [0.05, 0.1) is 5.60 Å². The first kappa shape index (κ1) is 21.9. The van der Waals surface area contributed by atoms with Crippen LogP contribution in [0.25, 0.3) is 0 Å². The first-order valence-electron chi connectivity index (χ1n) is 11.0. The molecular formula is C26H38N2O. The Bertz CT molecular complexity index is 749. The summed E-state index contributed by atoms with van der Waals surface area (Å²) < 4.78 is 5.99. The van der Waals surface area contributed by atoms with Crippen LogP contribution in [0, 0.1) is 12.8 Å². The van der Waals surface area contributed by atoms with Crippen molar-refractivity contribution in [3.63, 3.8) is 0 Å². The zero-order valence-electron chi connectivity index (χ0n) is 18.9. The van der Waals surface area contributed by atoms with Crippen molar-refractivity contribution >= 4 is 5.69 Å². The fourth-order valence-electron chi connectivity index (χ4n) is 4.51. The molecule has 2 aromatic rings. The molecule has 3 rings (SSSR count). The molecule has 3 heteroatoms. The van der Waals surface area contributed by atoms with Gasteiger partial charge in [-0.3, -0.25) is 0 Å². The van der Waals surface area contributed by atoms with E-state index >= 15 is 0 Å². The zero-order chi connectivity index (χ0) is 20.9. The lowest BCUT2D eigenvalue weighted by Gasteiger charge is -2.39. The molecule has 0 aromatic heterocycles. The molecule has 1 aliphatic heterocycles. The third-order valence-corrected chi connectivity index (χ3v) is 6.22. The smallest absolute Gasteiger partial charge is 0.0629 e. The van der Waals surface area contributed by atoms with Crippen LogP contribution in [0.3, 0.4) is 0 Å². The van der Waals surface area contributed by atoms with Crippen LogP contribution in [-0.4, -0.2) is 32.8 Å². The maximum absolute atomic E-state index is 5.99. The Hall–Kier alpha value is -1.84. The molecule has 1 fully saturated rings. The van der Waals surface area contributed by atoms with Gasteiger partial charge < -0.3 is 15.0 Å². The number of rotatable bonds is 8. The van der Waals surface area contributed by atoms with Gasteiger partial charge in [-0.15, -0.1) is 0 Å². The fourth-order valence-corrected chi connectivity index (χ4v) is 4.51. The lowest BCUT2D eigenvalue weighted by Crippen LogP contribution is -2.36. The van der Waals surface area contributed by atoms with E-state index in [9.17, 15) is 0 Å². The molecule has 1 heterocycles. The summed E-state index contributed by atoms with van der Waals surface area (Å²) in [6.07, 6.45) is 3.46. The Labute approximate surface area is 177 Å². The number of ether oxygens (including phenoxy) is 1. The maximum atomic E-state index is 5.99. The second kappa shape index (κ2) is 9.77. The van der Waals surface area contributed by atoms with Crippen molar-refractivity contribution in [2.75, 3.05) is 32.1 Å². The number of benzene rings is 2. The van der Waals surface area contributed by atoms with E-state index < -0.39 is 0 Å². The lowest BCUT2D eigenvalue weighted by molar-refractivity contribution is -0.0771. The van der Waals surface area contributed by atoms with Gasteiger partial charge in [-0.05, 0) is 81.7 Å². The summed E-state index contributed by atoms with van der Waals surface area (Å²) in [7, 11) is 4.16. The first-order valence-corrected chi connectivity index (χ1v) is 11.0. The highest BCUT2D eigenvalue weighted by atomic mass is 16.5. The summed E-state index contributed by atoms with van der Waals surface area (Å²) in [6, 6.07) is 18.0.